The lowest BCUT2D eigenvalue weighted by Gasteiger charge is -2.72. The van der Waals surface area contributed by atoms with Crippen molar-refractivity contribution < 1.29 is 19.1 Å². The van der Waals surface area contributed by atoms with Gasteiger partial charge in [-0.2, -0.15) is 0 Å². The Morgan fingerprint density at radius 3 is 2.26 bits per heavy atom. The number of hydrogen-bond donors (Lipinski definition) is 0. The first-order valence-corrected chi connectivity index (χ1v) is 14.1. The number of hydrogen-bond acceptors (Lipinski definition) is 4. The summed E-state index contributed by atoms with van der Waals surface area (Å²) in [5.41, 5.74) is -0.720. The molecule has 1 spiro atoms. The van der Waals surface area contributed by atoms with Crippen LogP contribution in [0, 0.1) is 50.2 Å². The fourth-order valence-corrected chi connectivity index (χ4v) is 12.0. The minimum Gasteiger partial charge on any atom is -0.455 e. The predicted molar refractivity (Wildman–Crippen MR) is 129 cm³/mol. The van der Waals surface area contributed by atoms with E-state index in [2.05, 4.69) is 48.5 Å². The van der Waals surface area contributed by atoms with E-state index in [0.29, 0.717) is 24.0 Å². The fourth-order valence-electron chi connectivity index (χ4n) is 12.0. The molecule has 188 valence electrons. The van der Waals surface area contributed by atoms with Gasteiger partial charge in [-0.05, 0) is 79.4 Å². The maximum atomic E-state index is 13.7. The molecule has 4 nitrogen and oxygen atoms in total. The smallest absolute Gasteiger partial charge is 0.313 e. The minimum atomic E-state index is -0.473. The number of fused-ring (bicyclic) bond motifs is 6. The van der Waals surface area contributed by atoms with Crippen molar-refractivity contribution in [2.75, 3.05) is 0 Å². The molecule has 2 saturated heterocycles. The number of Topliss-reactive ketones (excluding diaryl/α,β-unsaturated/α-hetero) is 1. The lowest BCUT2D eigenvalue weighted by Crippen LogP contribution is -2.74. The van der Waals surface area contributed by atoms with Crippen molar-refractivity contribution >= 4 is 11.8 Å². The molecule has 7 rings (SSSR count). The van der Waals surface area contributed by atoms with Crippen LogP contribution in [0.2, 0.25) is 0 Å². The summed E-state index contributed by atoms with van der Waals surface area (Å²) in [6.45, 7) is 16.7. The van der Waals surface area contributed by atoms with Crippen LogP contribution in [0.3, 0.4) is 0 Å². The van der Waals surface area contributed by atoms with E-state index >= 15 is 0 Å². The monoisotopic (exact) mass is 468 g/mol. The number of ether oxygens (including phenoxy) is 2. The lowest BCUT2D eigenvalue weighted by atomic mass is 9.31. The minimum absolute atomic E-state index is 0.0388. The Labute approximate surface area is 205 Å². The van der Waals surface area contributed by atoms with Gasteiger partial charge in [-0.1, -0.05) is 48.5 Å². The standard InChI is InChI=1S/C30H44O4/c1-24(2)12-14-29-15-13-28(7)27(6)11-8-17-25(3,4)19(31)9-10-26(17,5)21(27)20-22(33-20)30(28,18(29)16-24)34-23(29)32/h17-18,20-22H,8-16H2,1-7H3/t17-,18+,20-,21+,22-,26-,27+,28-,29-,30+/m0/s1. The molecular weight excluding hydrogens is 424 g/mol. The summed E-state index contributed by atoms with van der Waals surface area (Å²) >= 11 is 0. The highest BCUT2D eigenvalue weighted by atomic mass is 16.6. The molecule has 0 aromatic heterocycles. The Kier molecular flexibility index (Phi) is 3.81. The summed E-state index contributed by atoms with van der Waals surface area (Å²) in [5, 5.41) is 0. The molecule has 7 fully saturated rings. The van der Waals surface area contributed by atoms with Crippen LogP contribution in [-0.2, 0) is 19.1 Å². The third-order valence-electron chi connectivity index (χ3n) is 14.0. The number of epoxide rings is 1. The third kappa shape index (κ3) is 2.05. The van der Waals surface area contributed by atoms with Crippen molar-refractivity contribution in [1.29, 1.82) is 0 Å². The van der Waals surface area contributed by atoms with Crippen LogP contribution in [0.5, 0.6) is 0 Å². The van der Waals surface area contributed by atoms with E-state index in [-0.39, 0.29) is 56.6 Å². The quantitative estimate of drug-likeness (QED) is 0.318. The average Bonchev–Trinajstić information content (AvgIpc) is 3.49. The second kappa shape index (κ2) is 5.81. The molecule has 0 amide bonds. The van der Waals surface area contributed by atoms with Gasteiger partial charge in [0.25, 0.3) is 0 Å². The van der Waals surface area contributed by atoms with Crippen molar-refractivity contribution in [2.45, 2.75) is 124 Å². The largest absolute Gasteiger partial charge is 0.455 e. The first kappa shape index (κ1) is 22.3. The lowest BCUT2D eigenvalue weighted by molar-refractivity contribution is -0.266. The van der Waals surface area contributed by atoms with Gasteiger partial charge in [0, 0.05) is 23.2 Å². The number of carbonyl (C=O) groups excluding carboxylic acids is 2. The Morgan fingerprint density at radius 2 is 1.53 bits per heavy atom. The summed E-state index contributed by atoms with van der Waals surface area (Å²) in [6.07, 6.45) is 9.31. The van der Waals surface area contributed by atoms with E-state index < -0.39 is 5.60 Å². The van der Waals surface area contributed by atoms with Crippen LogP contribution in [-0.4, -0.2) is 29.6 Å². The van der Waals surface area contributed by atoms with Gasteiger partial charge in [-0.25, -0.2) is 0 Å². The number of rotatable bonds is 0. The summed E-state index contributed by atoms with van der Waals surface area (Å²) in [5.74, 6) is 1.65. The number of esters is 1. The highest BCUT2D eigenvalue weighted by molar-refractivity contribution is 5.85. The normalized spacial score (nSPS) is 60.1. The number of ketones is 1. The summed E-state index contributed by atoms with van der Waals surface area (Å²) < 4.78 is 13.6. The molecule has 2 heterocycles. The van der Waals surface area contributed by atoms with Crippen molar-refractivity contribution in [3.05, 3.63) is 0 Å². The molecule has 0 radical (unpaired) electrons. The van der Waals surface area contributed by atoms with Gasteiger partial charge >= 0.3 is 5.97 Å². The van der Waals surface area contributed by atoms with Crippen LogP contribution in [0.15, 0.2) is 0 Å². The molecule has 2 aliphatic heterocycles. The first-order valence-electron chi connectivity index (χ1n) is 14.1. The maximum Gasteiger partial charge on any atom is 0.313 e. The zero-order chi connectivity index (χ0) is 24.3. The molecule has 0 aromatic rings. The van der Waals surface area contributed by atoms with Gasteiger partial charge in [0.1, 0.15) is 11.9 Å². The van der Waals surface area contributed by atoms with E-state index in [1.807, 2.05) is 0 Å². The van der Waals surface area contributed by atoms with Crippen LogP contribution < -0.4 is 0 Å². The van der Waals surface area contributed by atoms with Gasteiger partial charge in [-0.15, -0.1) is 0 Å². The molecule has 7 aliphatic rings. The highest BCUT2D eigenvalue weighted by Crippen LogP contribution is 2.83. The van der Waals surface area contributed by atoms with Gasteiger partial charge < -0.3 is 9.47 Å². The average molecular weight is 469 g/mol. The zero-order valence-electron chi connectivity index (χ0n) is 22.4. The van der Waals surface area contributed by atoms with Crippen LogP contribution in [0.4, 0.5) is 0 Å². The Balaban J connectivity index is 1.39. The Morgan fingerprint density at radius 1 is 0.824 bits per heavy atom. The van der Waals surface area contributed by atoms with E-state index in [1.54, 1.807) is 0 Å². The van der Waals surface area contributed by atoms with Crippen molar-refractivity contribution in [3.8, 4) is 0 Å². The second-order valence-corrected chi connectivity index (χ2v) is 15.8. The maximum absolute atomic E-state index is 13.7. The van der Waals surface area contributed by atoms with Crippen LogP contribution in [0.25, 0.3) is 0 Å². The molecule has 34 heavy (non-hydrogen) atoms. The molecule has 5 aliphatic carbocycles. The topological polar surface area (TPSA) is 55.9 Å². The number of carbonyl (C=O) groups is 2. The van der Waals surface area contributed by atoms with E-state index in [9.17, 15) is 9.59 Å². The van der Waals surface area contributed by atoms with Crippen LogP contribution >= 0.6 is 0 Å². The predicted octanol–water partition coefficient (Wildman–Crippen LogP) is 6.10. The molecule has 0 aromatic carbocycles. The second-order valence-electron chi connectivity index (χ2n) is 15.8. The van der Waals surface area contributed by atoms with Gasteiger partial charge in [0.15, 0.2) is 5.60 Å². The molecule has 2 bridgehead atoms. The Bertz CT molecular complexity index is 1010. The van der Waals surface area contributed by atoms with Gasteiger partial charge in [0.2, 0.25) is 0 Å². The van der Waals surface area contributed by atoms with Gasteiger partial charge in [-0.3, -0.25) is 9.59 Å². The van der Waals surface area contributed by atoms with E-state index in [0.717, 1.165) is 51.4 Å². The molecule has 4 heteroatoms. The summed E-state index contributed by atoms with van der Waals surface area (Å²) in [4.78, 5) is 26.7. The van der Waals surface area contributed by atoms with Gasteiger partial charge in [0.05, 0.1) is 11.5 Å². The molecule has 0 N–H and O–H groups in total. The van der Waals surface area contributed by atoms with Crippen molar-refractivity contribution in [1.82, 2.24) is 0 Å². The molecule has 5 saturated carbocycles. The summed E-state index contributed by atoms with van der Waals surface area (Å²) in [6, 6.07) is 0. The van der Waals surface area contributed by atoms with Crippen molar-refractivity contribution in [2.24, 2.45) is 50.2 Å². The third-order valence-corrected chi connectivity index (χ3v) is 14.0. The Hall–Kier alpha value is -0.900. The summed E-state index contributed by atoms with van der Waals surface area (Å²) in [7, 11) is 0. The molecular formula is C30H44O4. The van der Waals surface area contributed by atoms with Crippen LogP contribution in [0.1, 0.15) is 106 Å². The van der Waals surface area contributed by atoms with E-state index in [4.69, 9.17) is 9.47 Å². The first-order chi connectivity index (χ1) is 15.7. The fraction of sp³-hybridized carbons (Fsp3) is 0.933. The SMILES string of the molecule is CC1(C)CC[C@@]23CC[C@]4(C)[C@@](OC2=O)([C@@H]3C1)[C@H]1O[C@H]1[C@@H]1[C@@]2(C)CCC(=O)C(C)(C)[C@@H]2CC[C@]14C. The molecule has 10 atom stereocenters. The van der Waals surface area contributed by atoms with E-state index in [1.165, 1.54) is 0 Å². The molecule has 0 unspecified atom stereocenters. The highest BCUT2D eigenvalue weighted by Gasteiger charge is 2.89. The zero-order valence-corrected chi connectivity index (χ0v) is 22.4. The van der Waals surface area contributed by atoms with Crippen molar-refractivity contribution in [3.63, 3.8) is 0 Å².